The zero-order valence-corrected chi connectivity index (χ0v) is 14.4. The summed E-state index contributed by atoms with van der Waals surface area (Å²) in [5.41, 5.74) is 1.85. The van der Waals surface area contributed by atoms with E-state index >= 15 is 0 Å². The topological polar surface area (TPSA) is 39.7 Å². The smallest absolute Gasteiger partial charge is 0.161 e. The van der Waals surface area contributed by atoms with Gasteiger partial charge in [0.25, 0.3) is 0 Å². The summed E-state index contributed by atoms with van der Waals surface area (Å²) in [4.78, 5) is 0. The van der Waals surface area contributed by atoms with E-state index in [9.17, 15) is 4.39 Å². The molecule has 0 heterocycles. The van der Waals surface area contributed by atoms with Crippen LogP contribution in [-0.2, 0) is 13.1 Å². The molecule has 0 aromatic heterocycles. The third-order valence-electron chi connectivity index (χ3n) is 3.58. The van der Waals surface area contributed by atoms with Gasteiger partial charge in [0.15, 0.2) is 11.5 Å². The number of nitrogens with one attached hydrogen (secondary N) is 1. The molecular weight excluding hydrogens is 309 g/mol. The second-order valence-corrected chi connectivity index (χ2v) is 5.39. The van der Waals surface area contributed by atoms with Gasteiger partial charge in [-0.3, -0.25) is 0 Å². The predicted molar refractivity (Wildman–Crippen MR) is 92.3 cm³/mol. The summed E-state index contributed by atoms with van der Waals surface area (Å²) in [5, 5.41) is 3.29. The van der Waals surface area contributed by atoms with Crippen LogP contribution >= 0.6 is 0 Å². The Morgan fingerprint density at radius 2 is 1.67 bits per heavy atom. The van der Waals surface area contributed by atoms with Gasteiger partial charge in [0, 0.05) is 18.7 Å². The highest BCUT2D eigenvalue weighted by molar-refractivity contribution is 5.43. The lowest BCUT2D eigenvalue weighted by atomic mass is 10.1. The van der Waals surface area contributed by atoms with Crippen molar-refractivity contribution in [3.63, 3.8) is 0 Å². The summed E-state index contributed by atoms with van der Waals surface area (Å²) in [6.07, 6.45) is 0.946. The minimum Gasteiger partial charge on any atom is -0.496 e. The van der Waals surface area contributed by atoms with Gasteiger partial charge in [0.2, 0.25) is 0 Å². The van der Waals surface area contributed by atoms with Crippen LogP contribution in [0.5, 0.6) is 17.2 Å². The van der Waals surface area contributed by atoms with Crippen molar-refractivity contribution >= 4 is 0 Å². The molecule has 0 aliphatic heterocycles. The van der Waals surface area contributed by atoms with Gasteiger partial charge in [-0.1, -0.05) is 13.0 Å². The molecule has 2 aromatic carbocycles. The van der Waals surface area contributed by atoms with Gasteiger partial charge in [0.1, 0.15) is 11.6 Å². The number of methoxy groups -OCH3 is 2. The van der Waals surface area contributed by atoms with E-state index in [4.69, 9.17) is 14.2 Å². The standard InChI is InChI=1S/C19H24FNO3/c1-4-9-24-18-7-5-14(10-19(18)23-3)12-21-13-15-11-16(20)6-8-17(15)22-2/h5-8,10-11,21H,4,9,12-13H2,1-3H3. The zero-order chi connectivity index (χ0) is 17.4. The number of hydrogen-bond donors (Lipinski definition) is 1. The van der Waals surface area contributed by atoms with Crippen molar-refractivity contribution in [2.75, 3.05) is 20.8 Å². The van der Waals surface area contributed by atoms with E-state index in [-0.39, 0.29) is 5.82 Å². The third-order valence-corrected chi connectivity index (χ3v) is 3.58. The molecule has 0 amide bonds. The first-order valence-corrected chi connectivity index (χ1v) is 8.00. The summed E-state index contributed by atoms with van der Waals surface area (Å²) >= 11 is 0. The fourth-order valence-corrected chi connectivity index (χ4v) is 2.38. The van der Waals surface area contributed by atoms with Crippen LogP contribution in [0.1, 0.15) is 24.5 Å². The van der Waals surface area contributed by atoms with Gasteiger partial charge in [0.05, 0.1) is 20.8 Å². The van der Waals surface area contributed by atoms with E-state index in [2.05, 4.69) is 12.2 Å². The first-order chi connectivity index (χ1) is 11.7. The first-order valence-electron chi connectivity index (χ1n) is 8.00. The summed E-state index contributed by atoms with van der Waals surface area (Å²) in [6, 6.07) is 10.4. The quantitative estimate of drug-likeness (QED) is 0.755. The van der Waals surface area contributed by atoms with Crippen LogP contribution in [0.4, 0.5) is 4.39 Å². The SMILES string of the molecule is CCCOc1ccc(CNCc2cc(F)ccc2OC)cc1OC. The number of benzene rings is 2. The molecule has 2 aromatic rings. The van der Waals surface area contributed by atoms with Crippen LogP contribution in [0.15, 0.2) is 36.4 Å². The summed E-state index contributed by atoms with van der Waals surface area (Å²) in [6.45, 7) is 3.86. The van der Waals surface area contributed by atoms with E-state index in [1.165, 1.54) is 12.1 Å². The second-order valence-electron chi connectivity index (χ2n) is 5.39. The monoisotopic (exact) mass is 333 g/mol. The molecule has 0 bridgehead atoms. The lowest BCUT2D eigenvalue weighted by molar-refractivity contribution is 0.294. The van der Waals surface area contributed by atoms with E-state index < -0.39 is 0 Å². The largest absolute Gasteiger partial charge is 0.496 e. The summed E-state index contributed by atoms with van der Waals surface area (Å²) < 4.78 is 29.6. The molecule has 0 spiro atoms. The third kappa shape index (κ3) is 4.86. The summed E-state index contributed by atoms with van der Waals surface area (Å²) in [7, 11) is 3.21. The molecule has 0 fully saturated rings. The lowest BCUT2D eigenvalue weighted by Crippen LogP contribution is -2.13. The van der Waals surface area contributed by atoms with Gasteiger partial charge in [-0.05, 0) is 42.3 Å². The van der Waals surface area contributed by atoms with Crippen LogP contribution < -0.4 is 19.5 Å². The van der Waals surface area contributed by atoms with E-state index in [1.54, 1.807) is 20.3 Å². The minimum absolute atomic E-state index is 0.272. The van der Waals surface area contributed by atoms with Crippen LogP contribution in [0, 0.1) is 5.82 Å². The molecule has 0 saturated carbocycles. The fourth-order valence-electron chi connectivity index (χ4n) is 2.38. The second kappa shape index (κ2) is 9.13. The maximum atomic E-state index is 13.4. The molecular formula is C19H24FNO3. The average molecular weight is 333 g/mol. The van der Waals surface area contributed by atoms with Gasteiger partial charge in [-0.2, -0.15) is 0 Å². The molecule has 24 heavy (non-hydrogen) atoms. The van der Waals surface area contributed by atoms with E-state index in [1.807, 2.05) is 18.2 Å². The fraction of sp³-hybridized carbons (Fsp3) is 0.368. The zero-order valence-electron chi connectivity index (χ0n) is 14.4. The number of rotatable bonds is 9. The van der Waals surface area contributed by atoms with Crippen LogP contribution in [0.3, 0.4) is 0 Å². The number of ether oxygens (including phenoxy) is 3. The predicted octanol–water partition coefficient (Wildman–Crippen LogP) is 3.92. The van der Waals surface area contributed by atoms with Gasteiger partial charge in [-0.25, -0.2) is 4.39 Å². The Morgan fingerprint density at radius 1 is 0.917 bits per heavy atom. The average Bonchev–Trinajstić information content (AvgIpc) is 2.60. The highest BCUT2D eigenvalue weighted by Gasteiger charge is 2.07. The Kier molecular flexibility index (Phi) is 6.88. The van der Waals surface area contributed by atoms with Crippen molar-refractivity contribution in [2.45, 2.75) is 26.4 Å². The van der Waals surface area contributed by atoms with Crippen molar-refractivity contribution in [1.82, 2.24) is 5.32 Å². The Morgan fingerprint density at radius 3 is 2.38 bits per heavy atom. The molecule has 130 valence electrons. The molecule has 0 aliphatic rings. The van der Waals surface area contributed by atoms with Crippen molar-refractivity contribution in [1.29, 1.82) is 0 Å². The van der Waals surface area contributed by atoms with Crippen LogP contribution in [0.2, 0.25) is 0 Å². The molecule has 2 rings (SSSR count). The first kappa shape index (κ1) is 18.1. The van der Waals surface area contributed by atoms with Crippen molar-refractivity contribution in [3.8, 4) is 17.2 Å². The summed E-state index contributed by atoms with van der Waals surface area (Å²) in [5.74, 6) is 1.86. The molecule has 1 N–H and O–H groups in total. The van der Waals surface area contributed by atoms with Crippen molar-refractivity contribution in [2.24, 2.45) is 0 Å². The number of hydrogen-bond acceptors (Lipinski definition) is 4. The normalized spacial score (nSPS) is 10.5. The van der Waals surface area contributed by atoms with Gasteiger partial charge >= 0.3 is 0 Å². The van der Waals surface area contributed by atoms with Gasteiger partial charge in [-0.15, -0.1) is 0 Å². The Labute approximate surface area is 142 Å². The number of halogens is 1. The Bertz CT molecular complexity index is 661. The highest BCUT2D eigenvalue weighted by atomic mass is 19.1. The van der Waals surface area contributed by atoms with Crippen LogP contribution in [0.25, 0.3) is 0 Å². The Balaban J connectivity index is 1.98. The Hall–Kier alpha value is -2.27. The van der Waals surface area contributed by atoms with E-state index in [0.717, 1.165) is 23.3 Å². The molecule has 4 nitrogen and oxygen atoms in total. The highest BCUT2D eigenvalue weighted by Crippen LogP contribution is 2.28. The molecule has 5 heteroatoms. The van der Waals surface area contributed by atoms with Crippen molar-refractivity contribution in [3.05, 3.63) is 53.3 Å². The van der Waals surface area contributed by atoms with Gasteiger partial charge < -0.3 is 19.5 Å². The maximum absolute atomic E-state index is 13.4. The maximum Gasteiger partial charge on any atom is 0.161 e. The molecule has 0 radical (unpaired) electrons. The molecule has 0 unspecified atom stereocenters. The van der Waals surface area contributed by atoms with E-state index in [0.29, 0.717) is 31.2 Å². The molecule has 0 saturated heterocycles. The molecule has 0 aliphatic carbocycles. The van der Waals surface area contributed by atoms with Crippen LogP contribution in [-0.4, -0.2) is 20.8 Å². The minimum atomic E-state index is -0.272. The lowest BCUT2D eigenvalue weighted by Gasteiger charge is -2.13. The van der Waals surface area contributed by atoms with Crippen molar-refractivity contribution < 1.29 is 18.6 Å². The molecule has 0 atom stereocenters.